The first-order chi connectivity index (χ1) is 15.3. The standard InChI is InChI=1S/C23H31N3O6/c1-15(2)14-32-23(30)25-10-7-17(8-11-25)24-20(27)16-5-6-18-19(13-16)22(29)26(21(18)28)9-4-12-31-3/h5-6,13,15,17H,4,7-12,14H2,1-3H3,(H,24,27). The van der Waals surface area contributed by atoms with E-state index in [1.54, 1.807) is 18.1 Å². The lowest BCUT2D eigenvalue weighted by molar-refractivity contribution is 0.0637. The van der Waals surface area contributed by atoms with Gasteiger partial charge in [0.05, 0.1) is 17.7 Å². The summed E-state index contributed by atoms with van der Waals surface area (Å²) in [5.41, 5.74) is 0.905. The molecule has 0 spiro atoms. The topological polar surface area (TPSA) is 105 Å². The van der Waals surface area contributed by atoms with Crippen LogP contribution in [0, 0.1) is 5.92 Å². The maximum atomic E-state index is 12.7. The largest absolute Gasteiger partial charge is 0.449 e. The van der Waals surface area contributed by atoms with Crippen molar-refractivity contribution in [2.75, 3.05) is 40.0 Å². The van der Waals surface area contributed by atoms with Crippen LogP contribution in [-0.4, -0.2) is 79.6 Å². The van der Waals surface area contributed by atoms with Crippen molar-refractivity contribution in [3.63, 3.8) is 0 Å². The highest BCUT2D eigenvalue weighted by Gasteiger charge is 2.35. The number of nitrogens with zero attached hydrogens (tertiary/aromatic N) is 2. The number of fused-ring (bicyclic) bond motifs is 1. The Morgan fingerprint density at radius 1 is 1.12 bits per heavy atom. The van der Waals surface area contributed by atoms with Gasteiger partial charge in [-0.25, -0.2) is 4.79 Å². The first-order valence-electron chi connectivity index (χ1n) is 11.0. The van der Waals surface area contributed by atoms with Gasteiger partial charge in [-0.2, -0.15) is 0 Å². The maximum Gasteiger partial charge on any atom is 0.409 e. The Kier molecular flexibility index (Phi) is 7.84. The highest BCUT2D eigenvalue weighted by atomic mass is 16.6. The summed E-state index contributed by atoms with van der Waals surface area (Å²) in [6.07, 6.45) is 1.48. The van der Waals surface area contributed by atoms with Gasteiger partial charge in [-0.1, -0.05) is 13.8 Å². The molecule has 1 fully saturated rings. The van der Waals surface area contributed by atoms with Crippen LogP contribution >= 0.6 is 0 Å². The minimum Gasteiger partial charge on any atom is -0.449 e. The van der Waals surface area contributed by atoms with Crippen LogP contribution in [0.4, 0.5) is 4.79 Å². The van der Waals surface area contributed by atoms with E-state index >= 15 is 0 Å². The van der Waals surface area contributed by atoms with Gasteiger partial charge in [0, 0.05) is 45.0 Å². The number of ether oxygens (including phenoxy) is 2. The summed E-state index contributed by atoms with van der Waals surface area (Å²) in [7, 11) is 1.57. The molecule has 4 amide bonds. The van der Waals surface area contributed by atoms with Crippen LogP contribution in [0.3, 0.4) is 0 Å². The summed E-state index contributed by atoms with van der Waals surface area (Å²) >= 11 is 0. The first-order valence-corrected chi connectivity index (χ1v) is 11.0. The number of piperidine rings is 1. The summed E-state index contributed by atoms with van der Waals surface area (Å²) in [6, 6.07) is 4.51. The van der Waals surface area contributed by atoms with E-state index in [2.05, 4.69) is 5.32 Å². The van der Waals surface area contributed by atoms with Crippen LogP contribution in [0.15, 0.2) is 18.2 Å². The Morgan fingerprint density at radius 2 is 1.81 bits per heavy atom. The zero-order valence-electron chi connectivity index (χ0n) is 18.9. The van der Waals surface area contributed by atoms with Crippen LogP contribution in [0.5, 0.6) is 0 Å². The van der Waals surface area contributed by atoms with Crippen molar-refractivity contribution in [2.24, 2.45) is 5.92 Å². The molecule has 3 rings (SSSR count). The number of likely N-dealkylation sites (tertiary alicyclic amines) is 1. The average molecular weight is 446 g/mol. The molecule has 0 bridgehead atoms. The molecule has 32 heavy (non-hydrogen) atoms. The lowest BCUT2D eigenvalue weighted by Gasteiger charge is -2.31. The predicted octanol–water partition coefficient (Wildman–Crippen LogP) is 2.31. The van der Waals surface area contributed by atoms with Crippen LogP contribution in [0.1, 0.15) is 64.2 Å². The van der Waals surface area contributed by atoms with E-state index in [4.69, 9.17) is 9.47 Å². The number of carbonyl (C=O) groups is 4. The number of benzene rings is 1. The fraction of sp³-hybridized carbons (Fsp3) is 0.565. The minimum absolute atomic E-state index is 0.0761. The molecule has 2 aliphatic heterocycles. The SMILES string of the molecule is COCCCN1C(=O)c2ccc(C(=O)NC3CCN(C(=O)OCC(C)C)CC3)cc2C1=O. The smallest absolute Gasteiger partial charge is 0.409 e. The van der Waals surface area contributed by atoms with E-state index in [9.17, 15) is 19.2 Å². The molecule has 9 nitrogen and oxygen atoms in total. The molecule has 0 saturated carbocycles. The normalized spacial score (nSPS) is 16.5. The summed E-state index contributed by atoms with van der Waals surface area (Å²) in [6.45, 7) is 6.10. The number of hydrogen-bond acceptors (Lipinski definition) is 6. The Labute approximate surface area is 188 Å². The second kappa shape index (κ2) is 10.6. The molecule has 1 aromatic rings. The zero-order valence-corrected chi connectivity index (χ0v) is 18.9. The lowest BCUT2D eigenvalue weighted by Crippen LogP contribution is -2.46. The fourth-order valence-electron chi connectivity index (χ4n) is 3.81. The fourth-order valence-corrected chi connectivity index (χ4v) is 3.81. The average Bonchev–Trinajstić information content (AvgIpc) is 3.02. The van der Waals surface area contributed by atoms with Crippen LogP contribution in [-0.2, 0) is 9.47 Å². The third-order valence-corrected chi connectivity index (χ3v) is 5.59. The van der Waals surface area contributed by atoms with Gasteiger partial charge in [0.1, 0.15) is 0 Å². The van der Waals surface area contributed by atoms with Crippen molar-refractivity contribution in [3.05, 3.63) is 34.9 Å². The third-order valence-electron chi connectivity index (χ3n) is 5.59. The predicted molar refractivity (Wildman–Crippen MR) is 117 cm³/mol. The van der Waals surface area contributed by atoms with Crippen molar-refractivity contribution < 1.29 is 28.7 Å². The number of nitrogens with one attached hydrogen (secondary N) is 1. The molecule has 1 saturated heterocycles. The molecular weight excluding hydrogens is 414 g/mol. The lowest BCUT2D eigenvalue weighted by atomic mass is 10.0. The molecular formula is C23H31N3O6. The molecule has 0 aliphatic carbocycles. The Morgan fingerprint density at radius 3 is 2.47 bits per heavy atom. The molecule has 0 unspecified atom stereocenters. The summed E-state index contributed by atoms with van der Waals surface area (Å²) in [5, 5.41) is 2.97. The number of methoxy groups -OCH3 is 1. The van der Waals surface area contributed by atoms with Crippen molar-refractivity contribution in [3.8, 4) is 0 Å². The van der Waals surface area contributed by atoms with Gasteiger partial charge in [-0.15, -0.1) is 0 Å². The van der Waals surface area contributed by atoms with E-state index in [1.807, 2.05) is 13.8 Å². The van der Waals surface area contributed by atoms with Gasteiger partial charge in [-0.3, -0.25) is 19.3 Å². The monoisotopic (exact) mass is 445 g/mol. The van der Waals surface area contributed by atoms with Crippen LogP contribution in [0.2, 0.25) is 0 Å². The van der Waals surface area contributed by atoms with Crippen molar-refractivity contribution >= 4 is 23.8 Å². The molecule has 0 atom stereocenters. The molecule has 2 aliphatic rings. The molecule has 2 heterocycles. The van der Waals surface area contributed by atoms with Crippen molar-refractivity contribution in [1.82, 2.24) is 15.1 Å². The number of hydrogen-bond donors (Lipinski definition) is 1. The molecule has 0 aromatic heterocycles. The summed E-state index contributed by atoms with van der Waals surface area (Å²) < 4.78 is 10.2. The Balaban J connectivity index is 1.55. The highest BCUT2D eigenvalue weighted by Crippen LogP contribution is 2.24. The van der Waals surface area contributed by atoms with Gasteiger partial charge >= 0.3 is 6.09 Å². The molecule has 1 N–H and O–H groups in total. The van der Waals surface area contributed by atoms with Gasteiger partial charge in [0.15, 0.2) is 0 Å². The molecule has 1 aromatic carbocycles. The first kappa shape index (κ1) is 23.7. The Hall–Kier alpha value is -2.94. The van der Waals surface area contributed by atoms with Gasteiger partial charge in [0.25, 0.3) is 17.7 Å². The number of imide groups is 1. The second-order valence-corrected chi connectivity index (χ2v) is 8.57. The van der Waals surface area contributed by atoms with Gasteiger partial charge in [-0.05, 0) is 43.4 Å². The van der Waals surface area contributed by atoms with Crippen LogP contribution < -0.4 is 5.32 Å². The Bertz CT molecular complexity index is 876. The minimum atomic E-state index is -0.385. The van der Waals surface area contributed by atoms with Crippen molar-refractivity contribution in [1.29, 1.82) is 0 Å². The quantitative estimate of drug-likeness (QED) is 0.486. The van der Waals surface area contributed by atoms with Gasteiger partial charge < -0.3 is 19.7 Å². The van der Waals surface area contributed by atoms with E-state index in [0.717, 1.165) is 0 Å². The third kappa shape index (κ3) is 5.45. The van der Waals surface area contributed by atoms with E-state index in [0.29, 0.717) is 56.7 Å². The summed E-state index contributed by atoms with van der Waals surface area (Å²) in [4.78, 5) is 52.8. The second-order valence-electron chi connectivity index (χ2n) is 8.57. The number of rotatable bonds is 8. The molecule has 174 valence electrons. The summed E-state index contributed by atoms with van der Waals surface area (Å²) in [5.74, 6) is -0.747. The molecule has 0 radical (unpaired) electrons. The number of carbonyl (C=O) groups excluding carboxylic acids is 4. The zero-order chi connectivity index (χ0) is 23.3. The van der Waals surface area contributed by atoms with Crippen LogP contribution in [0.25, 0.3) is 0 Å². The number of amides is 4. The van der Waals surface area contributed by atoms with Crippen molar-refractivity contribution in [2.45, 2.75) is 39.2 Å². The van der Waals surface area contributed by atoms with E-state index in [1.165, 1.54) is 17.0 Å². The molecule has 9 heteroatoms. The van der Waals surface area contributed by atoms with E-state index < -0.39 is 0 Å². The highest BCUT2D eigenvalue weighted by molar-refractivity contribution is 6.22. The van der Waals surface area contributed by atoms with E-state index in [-0.39, 0.29) is 47.9 Å². The van der Waals surface area contributed by atoms with Gasteiger partial charge in [0.2, 0.25) is 0 Å². The maximum absolute atomic E-state index is 12.7.